The molecule has 0 saturated carbocycles. The zero-order chi connectivity index (χ0) is 17.7. The molecule has 9 heteroatoms. The average Bonchev–Trinajstić information content (AvgIpc) is 2.56. The maximum Gasteiger partial charge on any atom is 0.289 e. The van der Waals surface area contributed by atoms with E-state index in [9.17, 15) is 23.6 Å². The van der Waals surface area contributed by atoms with Crippen molar-refractivity contribution in [2.24, 2.45) is 0 Å². The van der Waals surface area contributed by atoms with E-state index in [1.54, 1.807) is 24.3 Å². The number of hydrogen-bond donors (Lipinski definition) is 2. The fourth-order valence-corrected chi connectivity index (χ4v) is 3.69. The lowest BCUT2D eigenvalue weighted by Gasteiger charge is -2.16. The fourth-order valence-electron chi connectivity index (χ4n) is 2.17. The molecule has 0 aromatic heterocycles. The standard InChI is InChI=1S/C15H15ClN2O5S/c16-12-7-5-11(6-8-12)9-13(10-19)17-24(22,23)15-4-2-1-3-14(15)18(20)21/h1-8,13,17,19H,9-10H2/t13-/m1/s1. The molecule has 0 aliphatic carbocycles. The van der Waals surface area contributed by atoms with Gasteiger partial charge in [-0.05, 0) is 30.2 Å². The van der Waals surface area contributed by atoms with Crippen molar-refractivity contribution in [2.45, 2.75) is 17.4 Å². The van der Waals surface area contributed by atoms with Gasteiger partial charge in [0.1, 0.15) is 0 Å². The number of rotatable bonds is 7. The van der Waals surface area contributed by atoms with E-state index in [0.29, 0.717) is 5.02 Å². The molecule has 0 fully saturated rings. The average molecular weight is 371 g/mol. The van der Waals surface area contributed by atoms with Gasteiger partial charge in [-0.15, -0.1) is 0 Å². The largest absolute Gasteiger partial charge is 0.395 e. The van der Waals surface area contributed by atoms with Crippen LogP contribution in [-0.4, -0.2) is 31.1 Å². The minimum Gasteiger partial charge on any atom is -0.395 e. The topological polar surface area (TPSA) is 110 Å². The summed E-state index contributed by atoms with van der Waals surface area (Å²) in [5.74, 6) is 0. The Morgan fingerprint density at radius 1 is 1.17 bits per heavy atom. The molecule has 24 heavy (non-hydrogen) atoms. The maximum absolute atomic E-state index is 12.4. The zero-order valence-electron chi connectivity index (χ0n) is 12.4. The molecular weight excluding hydrogens is 356 g/mol. The fraction of sp³-hybridized carbons (Fsp3) is 0.200. The summed E-state index contributed by atoms with van der Waals surface area (Å²) in [6.07, 6.45) is 0.216. The number of hydrogen-bond acceptors (Lipinski definition) is 5. The smallest absolute Gasteiger partial charge is 0.289 e. The number of nitro groups is 1. The molecule has 0 saturated heterocycles. The lowest BCUT2D eigenvalue weighted by atomic mass is 10.1. The number of sulfonamides is 1. The highest BCUT2D eigenvalue weighted by atomic mass is 35.5. The van der Waals surface area contributed by atoms with E-state index in [1.165, 1.54) is 12.1 Å². The quantitative estimate of drug-likeness (QED) is 0.573. The van der Waals surface area contributed by atoms with Crippen LogP contribution in [0.2, 0.25) is 5.02 Å². The number of nitrogens with zero attached hydrogens (tertiary/aromatic N) is 1. The summed E-state index contributed by atoms with van der Waals surface area (Å²) in [5, 5.41) is 21.0. The van der Waals surface area contributed by atoms with Gasteiger partial charge in [0.05, 0.1) is 11.5 Å². The predicted octanol–water partition coefficient (Wildman–Crippen LogP) is 2.13. The van der Waals surface area contributed by atoms with Crippen LogP contribution in [0, 0.1) is 10.1 Å². The number of aliphatic hydroxyl groups excluding tert-OH is 1. The molecule has 0 unspecified atom stereocenters. The van der Waals surface area contributed by atoms with Gasteiger partial charge >= 0.3 is 0 Å². The van der Waals surface area contributed by atoms with E-state index in [0.717, 1.165) is 17.7 Å². The second kappa shape index (κ2) is 7.71. The molecule has 2 aromatic carbocycles. The first kappa shape index (κ1) is 18.3. The van der Waals surface area contributed by atoms with Crippen LogP contribution >= 0.6 is 11.6 Å². The third-order valence-corrected chi connectivity index (χ3v) is 5.11. The van der Waals surface area contributed by atoms with Gasteiger partial charge in [-0.2, -0.15) is 0 Å². The molecule has 2 rings (SSSR count). The molecule has 128 valence electrons. The van der Waals surface area contributed by atoms with Crippen molar-refractivity contribution in [3.05, 3.63) is 69.2 Å². The summed E-state index contributed by atoms with van der Waals surface area (Å²) in [7, 11) is -4.15. The van der Waals surface area contributed by atoms with E-state index < -0.39 is 38.2 Å². The van der Waals surface area contributed by atoms with E-state index >= 15 is 0 Å². The van der Waals surface area contributed by atoms with Gasteiger partial charge in [0, 0.05) is 17.1 Å². The molecule has 1 atom stereocenters. The van der Waals surface area contributed by atoms with Crippen LogP contribution in [0.5, 0.6) is 0 Å². The number of aliphatic hydroxyl groups is 1. The Morgan fingerprint density at radius 2 is 1.79 bits per heavy atom. The van der Waals surface area contributed by atoms with Gasteiger partial charge in [-0.1, -0.05) is 35.9 Å². The summed E-state index contributed by atoms with van der Waals surface area (Å²) < 4.78 is 27.1. The van der Waals surface area contributed by atoms with Crippen LogP contribution in [0.15, 0.2) is 53.4 Å². The second-order valence-electron chi connectivity index (χ2n) is 5.06. The molecule has 0 aliphatic heterocycles. The first-order chi connectivity index (χ1) is 11.3. The number of nitrogens with one attached hydrogen (secondary N) is 1. The van der Waals surface area contributed by atoms with E-state index in [2.05, 4.69) is 4.72 Å². The Labute approximate surface area is 144 Å². The lowest BCUT2D eigenvalue weighted by Crippen LogP contribution is -2.39. The summed E-state index contributed by atoms with van der Waals surface area (Å²) in [4.78, 5) is 9.80. The first-order valence-corrected chi connectivity index (χ1v) is 8.80. The van der Waals surface area contributed by atoms with Gasteiger partial charge in [-0.3, -0.25) is 10.1 Å². The van der Waals surface area contributed by atoms with Crippen LogP contribution in [-0.2, 0) is 16.4 Å². The number of benzene rings is 2. The maximum atomic E-state index is 12.4. The summed E-state index contributed by atoms with van der Waals surface area (Å²) in [6.45, 7) is -0.456. The predicted molar refractivity (Wildman–Crippen MR) is 89.4 cm³/mol. The molecule has 2 aromatic rings. The minimum atomic E-state index is -4.15. The molecule has 0 radical (unpaired) electrons. The molecule has 0 bridgehead atoms. The highest BCUT2D eigenvalue weighted by molar-refractivity contribution is 7.89. The molecule has 0 heterocycles. The van der Waals surface area contributed by atoms with Crippen LogP contribution in [0.3, 0.4) is 0 Å². The SMILES string of the molecule is O=[N+]([O-])c1ccccc1S(=O)(=O)N[C@@H](CO)Cc1ccc(Cl)cc1. The van der Waals surface area contributed by atoms with Crippen molar-refractivity contribution < 1.29 is 18.4 Å². The van der Waals surface area contributed by atoms with Crippen LogP contribution < -0.4 is 4.72 Å². The minimum absolute atomic E-state index is 0.216. The molecule has 0 aliphatic rings. The Bertz CT molecular complexity index is 824. The number of para-hydroxylation sites is 1. The van der Waals surface area contributed by atoms with Crippen molar-refractivity contribution in [2.75, 3.05) is 6.61 Å². The summed E-state index contributed by atoms with van der Waals surface area (Å²) in [5.41, 5.74) is 0.247. The third kappa shape index (κ3) is 4.51. The van der Waals surface area contributed by atoms with Crippen molar-refractivity contribution >= 4 is 27.3 Å². The Balaban J connectivity index is 2.23. The summed E-state index contributed by atoms with van der Waals surface area (Å²) in [6, 6.07) is 11.0. The first-order valence-electron chi connectivity index (χ1n) is 6.94. The van der Waals surface area contributed by atoms with Gasteiger partial charge in [0.25, 0.3) is 5.69 Å². The van der Waals surface area contributed by atoms with Gasteiger partial charge in [-0.25, -0.2) is 13.1 Å². The van der Waals surface area contributed by atoms with Crippen LogP contribution in [0.25, 0.3) is 0 Å². The van der Waals surface area contributed by atoms with E-state index in [-0.39, 0.29) is 6.42 Å². The normalized spacial score (nSPS) is 12.8. The van der Waals surface area contributed by atoms with Gasteiger partial charge in [0.15, 0.2) is 4.90 Å². The van der Waals surface area contributed by atoms with Crippen molar-refractivity contribution in [3.63, 3.8) is 0 Å². The highest BCUT2D eigenvalue weighted by Gasteiger charge is 2.27. The van der Waals surface area contributed by atoms with Gasteiger partial charge in [0.2, 0.25) is 10.0 Å². The van der Waals surface area contributed by atoms with Crippen LogP contribution in [0.4, 0.5) is 5.69 Å². The van der Waals surface area contributed by atoms with E-state index in [1.807, 2.05) is 0 Å². The van der Waals surface area contributed by atoms with Crippen LogP contribution in [0.1, 0.15) is 5.56 Å². The Kier molecular flexibility index (Phi) is 5.89. The summed E-state index contributed by atoms with van der Waals surface area (Å²) >= 11 is 5.79. The van der Waals surface area contributed by atoms with E-state index in [4.69, 9.17) is 11.6 Å². The molecular formula is C15H15ClN2O5S. The Morgan fingerprint density at radius 3 is 2.38 bits per heavy atom. The molecule has 0 amide bonds. The monoisotopic (exact) mass is 370 g/mol. The molecule has 7 nitrogen and oxygen atoms in total. The third-order valence-electron chi connectivity index (χ3n) is 3.29. The Hall–Kier alpha value is -2.00. The number of halogens is 1. The van der Waals surface area contributed by atoms with Gasteiger partial charge < -0.3 is 5.11 Å². The molecule has 2 N–H and O–H groups in total. The zero-order valence-corrected chi connectivity index (χ0v) is 14.0. The number of nitro benzene ring substituents is 1. The second-order valence-corrected chi connectivity index (χ2v) is 7.18. The molecule has 0 spiro atoms. The van der Waals surface area contributed by atoms with Crippen molar-refractivity contribution in [1.82, 2.24) is 4.72 Å². The van der Waals surface area contributed by atoms with Crippen molar-refractivity contribution in [1.29, 1.82) is 0 Å². The lowest BCUT2D eigenvalue weighted by molar-refractivity contribution is -0.387. The van der Waals surface area contributed by atoms with Crippen molar-refractivity contribution in [3.8, 4) is 0 Å². The highest BCUT2D eigenvalue weighted by Crippen LogP contribution is 2.23.